The van der Waals surface area contributed by atoms with Crippen LogP contribution in [0.3, 0.4) is 0 Å². The summed E-state index contributed by atoms with van der Waals surface area (Å²) in [5.41, 5.74) is 3.97. The number of nitrogens with one attached hydrogen (secondary N) is 2. The van der Waals surface area contributed by atoms with Gasteiger partial charge in [0.1, 0.15) is 0 Å². The number of anilines is 2. The van der Waals surface area contributed by atoms with E-state index in [1.54, 1.807) is 0 Å². The van der Waals surface area contributed by atoms with E-state index in [0.29, 0.717) is 22.7 Å². The number of nitrogens with zero attached hydrogens (tertiary/aromatic N) is 1. The van der Waals surface area contributed by atoms with Crippen molar-refractivity contribution in [2.45, 2.75) is 46.5 Å². The highest BCUT2D eigenvalue weighted by Gasteiger charge is 2.19. The van der Waals surface area contributed by atoms with Gasteiger partial charge in [0.2, 0.25) is 0 Å². The van der Waals surface area contributed by atoms with E-state index in [4.69, 9.17) is 11.6 Å². The molecule has 0 radical (unpaired) electrons. The summed E-state index contributed by atoms with van der Waals surface area (Å²) in [6.45, 7) is 10.4. The monoisotopic (exact) mass is 427 g/mol. The number of carbonyl (C=O) groups excluding carboxylic acids is 1. The summed E-state index contributed by atoms with van der Waals surface area (Å²) in [6.07, 6.45) is 0. The molecule has 152 valence electrons. The van der Waals surface area contributed by atoms with Gasteiger partial charge in [-0.3, -0.25) is 5.32 Å². The highest BCUT2D eigenvalue weighted by atomic mass is 35.5. The average Bonchev–Trinajstić information content (AvgIpc) is 3.01. The molecule has 0 unspecified atom stereocenters. The van der Waals surface area contributed by atoms with Gasteiger partial charge < -0.3 is 5.32 Å². The maximum absolute atomic E-state index is 12.9. The number of thiazole rings is 1. The summed E-state index contributed by atoms with van der Waals surface area (Å²) in [5.74, 6) is 1.11. The summed E-state index contributed by atoms with van der Waals surface area (Å²) in [7, 11) is 0. The largest absolute Gasteiger partial charge is 0.324 e. The summed E-state index contributed by atoms with van der Waals surface area (Å²) < 4.78 is 0. The lowest BCUT2D eigenvalue weighted by Crippen LogP contribution is -2.22. The molecule has 3 aromatic rings. The zero-order valence-electron chi connectivity index (χ0n) is 17.3. The molecule has 0 aliphatic rings. The van der Waals surface area contributed by atoms with E-state index in [1.807, 2.05) is 37.3 Å². The Hall–Kier alpha value is -2.37. The van der Waals surface area contributed by atoms with Crippen LogP contribution >= 0.6 is 22.9 Å². The van der Waals surface area contributed by atoms with Crippen molar-refractivity contribution in [2.75, 3.05) is 10.6 Å². The fourth-order valence-electron chi connectivity index (χ4n) is 3.29. The molecule has 0 spiro atoms. The van der Waals surface area contributed by atoms with E-state index in [0.717, 1.165) is 32.3 Å². The zero-order chi connectivity index (χ0) is 21.1. The van der Waals surface area contributed by atoms with Gasteiger partial charge in [-0.2, -0.15) is 0 Å². The van der Waals surface area contributed by atoms with Crippen LogP contribution in [0.4, 0.5) is 16.3 Å². The van der Waals surface area contributed by atoms with Gasteiger partial charge in [0, 0.05) is 16.3 Å². The third-order valence-corrected chi connectivity index (χ3v) is 6.03. The summed E-state index contributed by atoms with van der Waals surface area (Å²) in [4.78, 5) is 18.3. The highest BCUT2D eigenvalue weighted by molar-refractivity contribution is 7.15. The Bertz CT molecular complexity index is 1000. The molecule has 3 rings (SSSR count). The second-order valence-electron chi connectivity index (χ2n) is 7.59. The van der Waals surface area contributed by atoms with Crippen LogP contribution in [-0.4, -0.2) is 11.0 Å². The Balaban J connectivity index is 1.91. The molecule has 4 nitrogen and oxygen atoms in total. The Morgan fingerprint density at radius 3 is 2.17 bits per heavy atom. The van der Waals surface area contributed by atoms with Crippen LogP contribution in [0.5, 0.6) is 0 Å². The normalized spacial score (nSPS) is 11.2. The molecular weight excluding hydrogens is 402 g/mol. The summed E-state index contributed by atoms with van der Waals surface area (Å²) in [6, 6.07) is 13.4. The van der Waals surface area contributed by atoms with Gasteiger partial charge in [-0.05, 0) is 36.0 Å². The van der Waals surface area contributed by atoms with E-state index in [9.17, 15) is 4.79 Å². The quantitative estimate of drug-likeness (QED) is 0.439. The van der Waals surface area contributed by atoms with Crippen LogP contribution in [0.2, 0.25) is 5.02 Å². The number of para-hydroxylation sites is 1. The third-order valence-electron chi connectivity index (χ3n) is 4.70. The fraction of sp³-hybridized carbons (Fsp3) is 0.304. The number of carbonyl (C=O) groups is 1. The van der Waals surface area contributed by atoms with Crippen LogP contribution < -0.4 is 10.6 Å². The molecule has 29 heavy (non-hydrogen) atoms. The maximum atomic E-state index is 12.9. The predicted octanol–water partition coefficient (Wildman–Crippen LogP) is 7.66. The van der Waals surface area contributed by atoms with Crippen LogP contribution in [0.1, 0.15) is 55.7 Å². The third kappa shape index (κ3) is 4.80. The second-order valence-corrected chi connectivity index (χ2v) is 9.20. The second kappa shape index (κ2) is 8.97. The first kappa shape index (κ1) is 21.3. The van der Waals surface area contributed by atoms with Gasteiger partial charge in [-0.25, -0.2) is 9.78 Å². The van der Waals surface area contributed by atoms with Crippen molar-refractivity contribution in [2.24, 2.45) is 0 Å². The van der Waals surface area contributed by atoms with Crippen molar-refractivity contribution in [1.29, 1.82) is 0 Å². The summed E-state index contributed by atoms with van der Waals surface area (Å²) in [5, 5.41) is 7.50. The topological polar surface area (TPSA) is 54.0 Å². The van der Waals surface area contributed by atoms with Crippen LogP contribution in [0.25, 0.3) is 10.4 Å². The van der Waals surface area contributed by atoms with Gasteiger partial charge >= 0.3 is 6.03 Å². The SMILES string of the molecule is Cc1nc(NC(=O)Nc2c(C(C)C)cccc2C(C)C)c(-c2ccccc2Cl)s1. The lowest BCUT2D eigenvalue weighted by Gasteiger charge is -2.20. The predicted molar refractivity (Wildman–Crippen MR) is 125 cm³/mol. The lowest BCUT2D eigenvalue weighted by molar-refractivity contribution is 0.262. The summed E-state index contributed by atoms with van der Waals surface area (Å²) >= 11 is 7.88. The van der Waals surface area contributed by atoms with Crippen molar-refractivity contribution < 1.29 is 4.79 Å². The van der Waals surface area contributed by atoms with Gasteiger partial charge in [0.25, 0.3) is 0 Å². The molecule has 0 aliphatic heterocycles. The molecule has 0 saturated heterocycles. The Morgan fingerprint density at radius 1 is 0.966 bits per heavy atom. The Labute approximate surface area is 181 Å². The van der Waals surface area contributed by atoms with Crippen molar-refractivity contribution in [3.8, 4) is 10.4 Å². The smallest absolute Gasteiger partial charge is 0.307 e. The van der Waals surface area contributed by atoms with E-state index < -0.39 is 0 Å². The number of urea groups is 1. The standard InChI is InChI=1S/C23H26ClN3OS/c1-13(2)16-10-8-11-17(14(3)4)20(16)26-23(28)27-22-21(29-15(5)25-22)18-9-6-7-12-19(18)24/h6-14H,1-5H3,(H2,26,27,28). The molecular formula is C23H26ClN3OS. The van der Waals surface area contributed by atoms with Gasteiger partial charge in [0.15, 0.2) is 5.82 Å². The Morgan fingerprint density at radius 2 is 1.59 bits per heavy atom. The van der Waals surface area contributed by atoms with Gasteiger partial charge in [-0.15, -0.1) is 11.3 Å². The molecule has 0 bridgehead atoms. The number of hydrogen-bond donors (Lipinski definition) is 2. The van der Waals surface area contributed by atoms with Crippen molar-refractivity contribution in [3.05, 3.63) is 63.6 Å². The van der Waals surface area contributed by atoms with Crippen molar-refractivity contribution >= 4 is 40.5 Å². The molecule has 0 fully saturated rings. The number of halogens is 1. The first-order valence-corrected chi connectivity index (χ1v) is 10.9. The minimum Gasteiger partial charge on any atom is -0.307 e. The number of rotatable bonds is 5. The van der Waals surface area contributed by atoms with Crippen LogP contribution in [-0.2, 0) is 0 Å². The zero-order valence-corrected chi connectivity index (χ0v) is 18.9. The minimum atomic E-state index is -0.307. The van der Waals surface area contributed by atoms with Crippen molar-refractivity contribution in [3.63, 3.8) is 0 Å². The van der Waals surface area contributed by atoms with Gasteiger partial charge in [-0.1, -0.05) is 75.7 Å². The first-order valence-electron chi connectivity index (χ1n) is 9.71. The molecule has 6 heteroatoms. The average molecular weight is 428 g/mol. The lowest BCUT2D eigenvalue weighted by atomic mass is 9.93. The Kier molecular flexibility index (Phi) is 6.60. The van der Waals surface area contributed by atoms with E-state index >= 15 is 0 Å². The van der Waals surface area contributed by atoms with Gasteiger partial charge in [0.05, 0.1) is 9.88 Å². The number of amides is 2. The van der Waals surface area contributed by atoms with E-state index in [-0.39, 0.29) is 6.03 Å². The molecule has 2 aromatic carbocycles. The molecule has 0 saturated carbocycles. The van der Waals surface area contributed by atoms with Crippen LogP contribution in [0, 0.1) is 6.92 Å². The number of hydrogen-bond acceptors (Lipinski definition) is 3. The maximum Gasteiger partial charge on any atom is 0.324 e. The highest BCUT2D eigenvalue weighted by Crippen LogP contribution is 2.38. The van der Waals surface area contributed by atoms with E-state index in [2.05, 4.69) is 55.4 Å². The molecule has 0 atom stereocenters. The molecule has 2 N–H and O–H groups in total. The first-order chi connectivity index (χ1) is 13.8. The van der Waals surface area contributed by atoms with E-state index in [1.165, 1.54) is 11.3 Å². The molecule has 1 heterocycles. The molecule has 2 amide bonds. The van der Waals surface area contributed by atoms with Crippen molar-refractivity contribution in [1.82, 2.24) is 4.98 Å². The minimum absolute atomic E-state index is 0.296. The number of aromatic nitrogens is 1. The molecule has 1 aromatic heterocycles. The van der Waals surface area contributed by atoms with Crippen LogP contribution in [0.15, 0.2) is 42.5 Å². The fourth-order valence-corrected chi connectivity index (χ4v) is 4.49. The number of benzene rings is 2. The molecule has 0 aliphatic carbocycles. The number of aryl methyl sites for hydroxylation is 1.